The Morgan fingerprint density at radius 1 is 1.44 bits per heavy atom. The summed E-state index contributed by atoms with van der Waals surface area (Å²) in [5, 5.41) is 11.8. The average Bonchev–Trinajstić information content (AvgIpc) is 2.26. The Kier molecular flexibility index (Phi) is 4.61. The highest BCUT2D eigenvalue weighted by Gasteiger charge is 2.31. The summed E-state index contributed by atoms with van der Waals surface area (Å²) in [6.07, 6.45) is 3.38. The molecule has 0 aliphatic heterocycles. The minimum absolute atomic E-state index is 0.176. The molecule has 1 saturated carbocycles. The molecule has 1 amide bonds. The predicted molar refractivity (Wildman–Crippen MR) is 69.9 cm³/mol. The van der Waals surface area contributed by atoms with Crippen LogP contribution in [0.3, 0.4) is 0 Å². The highest BCUT2D eigenvalue weighted by Crippen LogP contribution is 2.37. The third-order valence-electron chi connectivity index (χ3n) is 3.41. The number of rotatable bonds is 2. The minimum Gasteiger partial charge on any atom is -0.449 e. The van der Waals surface area contributed by atoms with Crippen molar-refractivity contribution in [2.24, 2.45) is 11.3 Å². The Labute approximate surface area is 110 Å². The summed E-state index contributed by atoms with van der Waals surface area (Å²) < 4.78 is 5.23. The second-order valence-corrected chi connectivity index (χ2v) is 6.59. The van der Waals surface area contributed by atoms with Crippen molar-refractivity contribution in [2.75, 3.05) is 6.61 Å². The molecule has 4 heteroatoms. The molecule has 0 radical (unpaired) electrons. The first kappa shape index (κ1) is 14.8. The number of hydrogen-bond donors (Lipinski definition) is 1. The summed E-state index contributed by atoms with van der Waals surface area (Å²) in [5.74, 6) is 0.400. The van der Waals surface area contributed by atoms with Crippen LogP contribution < -0.4 is 5.32 Å². The first-order valence-electron chi connectivity index (χ1n) is 6.60. The van der Waals surface area contributed by atoms with E-state index in [0.717, 1.165) is 25.7 Å². The van der Waals surface area contributed by atoms with Crippen molar-refractivity contribution in [3.8, 4) is 6.07 Å². The Hall–Kier alpha value is -1.24. The first-order chi connectivity index (χ1) is 8.24. The number of amides is 1. The lowest BCUT2D eigenvalue weighted by atomic mass is 9.73. The number of carbonyl (C=O) groups is 1. The topological polar surface area (TPSA) is 62.1 Å². The zero-order chi connectivity index (χ0) is 13.8. The van der Waals surface area contributed by atoms with Gasteiger partial charge in [-0.05, 0) is 59.3 Å². The van der Waals surface area contributed by atoms with E-state index in [4.69, 9.17) is 10.00 Å². The van der Waals surface area contributed by atoms with E-state index in [1.54, 1.807) is 0 Å². The van der Waals surface area contributed by atoms with Gasteiger partial charge in [0.25, 0.3) is 0 Å². The van der Waals surface area contributed by atoms with Gasteiger partial charge in [-0.15, -0.1) is 0 Å². The van der Waals surface area contributed by atoms with Crippen molar-refractivity contribution in [3.05, 3.63) is 0 Å². The van der Waals surface area contributed by atoms with E-state index in [0.29, 0.717) is 12.5 Å². The second-order valence-electron chi connectivity index (χ2n) is 6.59. The van der Waals surface area contributed by atoms with Gasteiger partial charge < -0.3 is 10.1 Å². The van der Waals surface area contributed by atoms with Crippen LogP contribution in [0.15, 0.2) is 0 Å². The number of nitrogens with one attached hydrogen (secondary N) is 1. The van der Waals surface area contributed by atoms with Crippen LogP contribution in [0.2, 0.25) is 0 Å². The van der Waals surface area contributed by atoms with Gasteiger partial charge in [-0.25, -0.2) is 4.79 Å². The highest BCUT2D eigenvalue weighted by atomic mass is 16.5. The molecule has 0 aromatic heterocycles. The highest BCUT2D eigenvalue weighted by molar-refractivity contribution is 5.68. The molecular weight excluding hydrogens is 228 g/mol. The molecule has 1 rings (SSSR count). The van der Waals surface area contributed by atoms with Gasteiger partial charge in [-0.3, -0.25) is 0 Å². The quantitative estimate of drug-likeness (QED) is 0.820. The average molecular weight is 252 g/mol. The maximum atomic E-state index is 11.5. The van der Waals surface area contributed by atoms with Crippen LogP contribution in [0, 0.1) is 22.7 Å². The zero-order valence-corrected chi connectivity index (χ0v) is 11.9. The standard InChI is InChI=1S/C14H24N2O2/c1-13(2,3)16-12(17)18-9-11-5-7-14(4,10-15)8-6-11/h11H,5-9H2,1-4H3,(H,16,17). The van der Waals surface area contributed by atoms with E-state index in [1.165, 1.54) is 0 Å². The van der Waals surface area contributed by atoms with Crippen molar-refractivity contribution in [1.29, 1.82) is 5.26 Å². The van der Waals surface area contributed by atoms with Crippen molar-refractivity contribution in [3.63, 3.8) is 0 Å². The summed E-state index contributed by atoms with van der Waals surface area (Å²) in [6, 6.07) is 2.38. The Bertz CT molecular complexity index is 331. The van der Waals surface area contributed by atoms with Crippen LogP contribution in [0.1, 0.15) is 53.4 Å². The van der Waals surface area contributed by atoms with E-state index >= 15 is 0 Å². The van der Waals surface area contributed by atoms with Crippen LogP contribution in [0.5, 0.6) is 0 Å². The molecule has 1 aliphatic carbocycles. The minimum atomic E-state index is -0.351. The van der Waals surface area contributed by atoms with E-state index in [9.17, 15) is 4.79 Å². The van der Waals surface area contributed by atoms with Gasteiger partial charge in [0.15, 0.2) is 0 Å². The molecule has 1 N–H and O–H groups in total. The molecule has 4 nitrogen and oxygen atoms in total. The Balaban J connectivity index is 2.27. The maximum Gasteiger partial charge on any atom is 0.407 e. The van der Waals surface area contributed by atoms with E-state index in [2.05, 4.69) is 11.4 Å². The molecule has 0 aromatic rings. The van der Waals surface area contributed by atoms with E-state index in [1.807, 2.05) is 27.7 Å². The molecule has 102 valence electrons. The van der Waals surface area contributed by atoms with Gasteiger partial charge >= 0.3 is 6.09 Å². The maximum absolute atomic E-state index is 11.5. The third-order valence-corrected chi connectivity index (χ3v) is 3.41. The van der Waals surface area contributed by atoms with Crippen LogP contribution in [0.25, 0.3) is 0 Å². The number of nitrogens with zero attached hydrogens (tertiary/aromatic N) is 1. The molecule has 1 aliphatic rings. The molecule has 18 heavy (non-hydrogen) atoms. The number of hydrogen-bond acceptors (Lipinski definition) is 3. The molecule has 0 heterocycles. The third kappa shape index (κ3) is 4.95. The van der Waals surface area contributed by atoms with Crippen LogP contribution in [-0.2, 0) is 4.74 Å². The van der Waals surface area contributed by atoms with Gasteiger partial charge in [-0.1, -0.05) is 0 Å². The van der Waals surface area contributed by atoms with Gasteiger partial charge in [0.2, 0.25) is 0 Å². The number of nitriles is 1. The summed E-state index contributed by atoms with van der Waals surface area (Å²) >= 11 is 0. The van der Waals surface area contributed by atoms with Crippen molar-refractivity contribution >= 4 is 6.09 Å². The molecule has 0 atom stereocenters. The Morgan fingerprint density at radius 3 is 2.44 bits per heavy atom. The molecular formula is C14H24N2O2. The fourth-order valence-corrected chi connectivity index (χ4v) is 2.13. The van der Waals surface area contributed by atoms with Gasteiger partial charge in [0, 0.05) is 5.54 Å². The van der Waals surface area contributed by atoms with Crippen molar-refractivity contribution < 1.29 is 9.53 Å². The van der Waals surface area contributed by atoms with Crippen molar-refractivity contribution in [2.45, 2.75) is 58.9 Å². The monoisotopic (exact) mass is 252 g/mol. The largest absolute Gasteiger partial charge is 0.449 e. The predicted octanol–water partition coefficient (Wildman–Crippen LogP) is 3.23. The van der Waals surface area contributed by atoms with E-state index < -0.39 is 0 Å². The smallest absolute Gasteiger partial charge is 0.407 e. The molecule has 0 saturated heterocycles. The van der Waals surface area contributed by atoms with Gasteiger partial charge in [0.1, 0.15) is 0 Å². The number of ether oxygens (including phenoxy) is 1. The lowest BCUT2D eigenvalue weighted by molar-refractivity contribution is 0.0974. The summed E-state index contributed by atoms with van der Waals surface area (Å²) in [7, 11) is 0. The van der Waals surface area contributed by atoms with Crippen LogP contribution >= 0.6 is 0 Å². The van der Waals surface area contributed by atoms with Gasteiger partial charge in [0.05, 0.1) is 18.1 Å². The van der Waals surface area contributed by atoms with E-state index in [-0.39, 0.29) is 17.0 Å². The van der Waals surface area contributed by atoms with Crippen molar-refractivity contribution in [1.82, 2.24) is 5.32 Å². The SMILES string of the molecule is CC1(C#N)CCC(COC(=O)NC(C)(C)C)CC1. The fourth-order valence-electron chi connectivity index (χ4n) is 2.13. The molecule has 1 fully saturated rings. The Morgan fingerprint density at radius 2 is 2.00 bits per heavy atom. The van der Waals surface area contributed by atoms with Crippen LogP contribution in [-0.4, -0.2) is 18.2 Å². The van der Waals surface area contributed by atoms with Gasteiger partial charge in [-0.2, -0.15) is 5.26 Å². The lowest BCUT2D eigenvalue weighted by Crippen LogP contribution is -2.41. The molecule has 0 aromatic carbocycles. The number of carbonyl (C=O) groups excluding carboxylic acids is 1. The lowest BCUT2D eigenvalue weighted by Gasteiger charge is -2.31. The molecule has 0 spiro atoms. The summed E-state index contributed by atoms with van der Waals surface area (Å²) in [5.41, 5.74) is -0.437. The summed E-state index contributed by atoms with van der Waals surface area (Å²) in [6.45, 7) is 8.24. The van der Waals surface area contributed by atoms with Crippen LogP contribution in [0.4, 0.5) is 4.79 Å². The normalized spacial score (nSPS) is 28.3. The summed E-state index contributed by atoms with van der Waals surface area (Å²) in [4.78, 5) is 11.5. The molecule has 0 unspecified atom stereocenters. The molecule has 0 bridgehead atoms. The first-order valence-corrected chi connectivity index (χ1v) is 6.60. The number of alkyl carbamates (subject to hydrolysis) is 1. The fraction of sp³-hybridized carbons (Fsp3) is 0.857. The second kappa shape index (κ2) is 5.60. The zero-order valence-electron chi connectivity index (χ0n) is 11.9.